The third kappa shape index (κ3) is 3.85. The van der Waals surface area contributed by atoms with Gasteiger partial charge in [-0.1, -0.05) is 0 Å². The van der Waals surface area contributed by atoms with Crippen LogP contribution < -0.4 is 0 Å². The lowest BCUT2D eigenvalue weighted by atomic mass is 9.80. The van der Waals surface area contributed by atoms with Gasteiger partial charge in [-0.3, -0.25) is 0 Å². The first-order valence-corrected chi connectivity index (χ1v) is 4.45. The van der Waals surface area contributed by atoms with Crippen molar-refractivity contribution in [2.45, 2.75) is 12.8 Å². The average Bonchev–Trinajstić information content (AvgIpc) is 2.68. The van der Waals surface area contributed by atoms with E-state index in [1.165, 1.54) is 0 Å². The van der Waals surface area contributed by atoms with Crippen LogP contribution in [0.1, 0.15) is 12.8 Å². The van der Waals surface area contributed by atoms with Crippen molar-refractivity contribution in [3.63, 3.8) is 0 Å². The molecule has 0 radical (unpaired) electrons. The summed E-state index contributed by atoms with van der Waals surface area (Å²) in [6.45, 7) is -1.06. The van der Waals surface area contributed by atoms with Crippen LogP contribution in [0.5, 0.6) is 0 Å². The molecule has 1 aliphatic carbocycles. The number of likely N-dealkylation sites (N-methyl/N-ethyl adjacent to an activating group) is 1. The lowest BCUT2D eigenvalue weighted by Gasteiger charge is -2.24. The van der Waals surface area contributed by atoms with Gasteiger partial charge in [0.25, 0.3) is 0 Å². The van der Waals surface area contributed by atoms with Crippen molar-refractivity contribution in [3.05, 3.63) is 12.1 Å². The summed E-state index contributed by atoms with van der Waals surface area (Å²) in [6.07, 6.45) is 2.32. The maximum absolute atomic E-state index is 12.1. The molecule has 1 nitrogen and oxygen atoms in total. The number of nitrogens with zero attached hydrogens (tertiary/aromatic N) is 1. The van der Waals surface area contributed by atoms with Crippen LogP contribution in [0.25, 0.3) is 0 Å². The third-order valence-corrected chi connectivity index (χ3v) is 2.20. The predicted molar refractivity (Wildman–Crippen MR) is 48.4 cm³/mol. The fourth-order valence-corrected chi connectivity index (χ4v) is 1.26. The molecule has 0 aromatic rings. The summed E-state index contributed by atoms with van der Waals surface area (Å²) in [6, 6.07) is 0. The fourth-order valence-electron chi connectivity index (χ4n) is 1.26. The summed E-state index contributed by atoms with van der Waals surface area (Å²) in [5.74, 6) is 0.624. The summed E-state index contributed by atoms with van der Waals surface area (Å²) in [5.41, 5.74) is -0.594. The Hall–Kier alpha value is -0.445. The predicted octanol–water partition coefficient (Wildman–Crippen LogP) is 2.27. The molecule has 0 spiro atoms. The lowest BCUT2D eigenvalue weighted by molar-refractivity contribution is 0.342. The first-order valence-electron chi connectivity index (χ1n) is 4.45. The van der Waals surface area contributed by atoms with Crippen LogP contribution in [0.3, 0.4) is 0 Å². The number of rotatable bonds is 5. The van der Waals surface area contributed by atoms with Crippen LogP contribution in [0.15, 0.2) is 12.1 Å². The van der Waals surface area contributed by atoms with Crippen LogP contribution in [0, 0.1) is 5.92 Å². The van der Waals surface area contributed by atoms with Crippen LogP contribution in [-0.4, -0.2) is 32.0 Å². The monoisotopic (exact) mass is 192 g/mol. The Balaban J connectivity index is 2.25. The summed E-state index contributed by atoms with van der Waals surface area (Å²) in [7, 11) is 1.71. The van der Waals surface area contributed by atoms with Crippen molar-refractivity contribution in [2.75, 3.05) is 20.1 Å². The largest absolute Gasteiger partial charge is 0.506 e. The second-order valence-corrected chi connectivity index (χ2v) is 3.87. The van der Waals surface area contributed by atoms with Crippen LogP contribution in [0.4, 0.5) is 12.9 Å². The molecule has 1 saturated carbocycles. The molecule has 13 heavy (non-hydrogen) atoms. The zero-order valence-electron chi connectivity index (χ0n) is 7.77. The van der Waals surface area contributed by atoms with Crippen molar-refractivity contribution >= 4 is 6.98 Å². The average molecular weight is 192 g/mol. The van der Waals surface area contributed by atoms with E-state index in [2.05, 4.69) is 6.58 Å². The minimum Gasteiger partial charge on any atom is -0.445 e. The van der Waals surface area contributed by atoms with E-state index in [1.54, 1.807) is 11.9 Å². The first kappa shape index (κ1) is 10.6. The van der Waals surface area contributed by atoms with Crippen LogP contribution in [0.2, 0.25) is 0 Å². The highest BCUT2D eigenvalue weighted by atomic mass is 19.4. The van der Waals surface area contributed by atoms with Crippen LogP contribution in [-0.2, 0) is 0 Å². The van der Waals surface area contributed by atoms with E-state index >= 15 is 0 Å². The number of hydrogen-bond acceptors (Lipinski definition) is 1. The molecule has 0 aromatic carbocycles. The van der Waals surface area contributed by atoms with Gasteiger partial charge >= 0.3 is 6.98 Å². The molecular formula is C8H14BF3N-. The molecule has 76 valence electrons. The Bertz CT molecular complexity index is 198. The summed E-state index contributed by atoms with van der Waals surface area (Å²) >= 11 is 0. The zero-order valence-corrected chi connectivity index (χ0v) is 7.77. The molecule has 0 aromatic heterocycles. The SMILES string of the molecule is C=C(CN(C)CC1CC1)[B-](F)(F)F. The Kier molecular flexibility index (Phi) is 3.06. The van der Waals surface area contributed by atoms with Crippen molar-refractivity contribution in [3.8, 4) is 0 Å². The van der Waals surface area contributed by atoms with Gasteiger partial charge in [0.05, 0.1) is 0 Å². The second kappa shape index (κ2) is 3.74. The highest BCUT2D eigenvalue weighted by Crippen LogP contribution is 2.29. The Morgan fingerprint density at radius 1 is 1.46 bits per heavy atom. The van der Waals surface area contributed by atoms with E-state index in [1.807, 2.05) is 0 Å². The van der Waals surface area contributed by atoms with Crippen molar-refractivity contribution in [2.24, 2.45) is 5.92 Å². The van der Waals surface area contributed by atoms with Crippen molar-refractivity contribution in [1.29, 1.82) is 0 Å². The third-order valence-electron chi connectivity index (χ3n) is 2.20. The second-order valence-electron chi connectivity index (χ2n) is 3.87. The van der Waals surface area contributed by atoms with E-state index in [0.717, 1.165) is 19.4 Å². The molecule has 0 atom stereocenters. The normalized spacial score (nSPS) is 17.9. The molecule has 0 unspecified atom stereocenters. The highest BCUT2D eigenvalue weighted by Gasteiger charge is 2.28. The molecule has 0 N–H and O–H groups in total. The molecule has 0 amide bonds. The standard InChI is InChI=1S/C8H14BF3N/c1-7(9(10,11)12)5-13(2)6-8-3-4-8/h8H,1,3-6H2,2H3/q-1. The van der Waals surface area contributed by atoms with Gasteiger partial charge in [0.15, 0.2) is 0 Å². The minimum absolute atomic E-state index is 0.0417. The molecule has 5 heteroatoms. The van der Waals surface area contributed by atoms with Gasteiger partial charge in [-0.15, -0.1) is 12.1 Å². The van der Waals surface area contributed by atoms with E-state index < -0.39 is 12.4 Å². The fraction of sp³-hybridized carbons (Fsp3) is 0.750. The molecule has 1 fully saturated rings. The molecule has 0 aliphatic heterocycles. The minimum atomic E-state index is -4.85. The highest BCUT2D eigenvalue weighted by molar-refractivity contribution is 6.66. The lowest BCUT2D eigenvalue weighted by Crippen LogP contribution is -2.31. The number of halogens is 3. The van der Waals surface area contributed by atoms with Crippen LogP contribution >= 0.6 is 0 Å². The maximum Gasteiger partial charge on any atom is 0.506 e. The Morgan fingerprint density at radius 2 is 2.00 bits per heavy atom. The topological polar surface area (TPSA) is 3.24 Å². The maximum atomic E-state index is 12.1. The van der Waals surface area contributed by atoms with Gasteiger partial charge in [0.2, 0.25) is 0 Å². The van der Waals surface area contributed by atoms with E-state index in [9.17, 15) is 12.9 Å². The van der Waals surface area contributed by atoms with Gasteiger partial charge in [-0.2, -0.15) is 0 Å². The molecular weight excluding hydrogens is 178 g/mol. The quantitative estimate of drug-likeness (QED) is 0.604. The molecule has 1 aliphatic rings. The summed E-state index contributed by atoms with van der Waals surface area (Å²) in [5, 5.41) is 0. The molecule has 0 heterocycles. The molecule has 0 saturated heterocycles. The Morgan fingerprint density at radius 3 is 2.38 bits per heavy atom. The van der Waals surface area contributed by atoms with Gasteiger partial charge in [0.1, 0.15) is 0 Å². The Labute approximate surface area is 76.7 Å². The van der Waals surface area contributed by atoms with Gasteiger partial charge in [0, 0.05) is 6.54 Å². The van der Waals surface area contributed by atoms with E-state index in [0.29, 0.717) is 5.92 Å². The van der Waals surface area contributed by atoms with Gasteiger partial charge < -0.3 is 17.8 Å². The van der Waals surface area contributed by atoms with E-state index in [4.69, 9.17) is 0 Å². The molecule has 1 rings (SSSR count). The van der Waals surface area contributed by atoms with E-state index in [-0.39, 0.29) is 6.54 Å². The zero-order chi connectivity index (χ0) is 10.1. The first-order chi connectivity index (χ1) is 5.89. The van der Waals surface area contributed by atoms with Crippen molar-refractivity contribution < 1.29 is 12.9 Å². The summed E-state index contributed by atoms with van der Waals surface area (Å²) < 4.78 is 36.3. The van der Waals surface area contributed by atoms with Crippen molar-refractivity contribution in [1.82, 2.24) is 4.90 Å². The molecule has 0 bridgehead atoms. The smallest absolute Gasteiger partial charge is 0.445 e. The number of hydrogen-bond donors (Lipinski definition) is 0. The van der Waals surface area contributed by atoms with Gasteiger partial charge in [-0.05, 0) is 32.4 Å². The van der Waals surface area contributed by atoms with Gasteiger partial charge in [-0.25, -0.2) is 0 Å². The summed E-state index contributed by atoms with van der Waals surface area (Å²) in [4.78, 5) is 1.70.